The highest BCUT2D eigenvalue weighted by atomic mass is 79.9. The van der Waals surface area contributed by atoms with Gasteiger partial charge in [0.05, 0.1) is 29.5 Å². The molecule has 10 heteroatoms. The van der Waals surface area contributed by atoms with E-state index >= 15 is 0 Å². The number of thiazole rings is 1. The molecule has 3 aromatic carbocycles. The summed E-state index contributed by atoms with van der Waals surface area (Å²) in [5.41, 5.74) is 3.09. The lowest BCUT2D eigenvalue weighted by molar-refractivity contribution is -0.139. The average molecular weight is 682 g/mol. The summed E-state index contributed by atoms with van der Waals surface area (Å²) < 4.78 is 20.0. The van der Waals surface area contributed by atoms with Crippen molar-refractivity contribution in [3.8, 4) is 11.5 Å². The average Bonchev–Trinajstić information content (AvgIpc) is 3.31. The number of carbonyl (C=O) groups excluding carboxylic acids is 1. The fraction of sp³-hybridized carbons (Fsp3) is 0.242. The normalized spacial score (nSPS) is 14.7. The minimum atomic E-state index is -0.771. The Hall–Kier alpha value is -3.66. The number of nitrogens with zero attached hydrogens (tertiary/aromatic N) is 2. The highest BCUT2D eigenvalue weighted by Crippen LogP contribution is 2.38. The Balaban J connectivity index is 1.58. The smallest absolute Gasteiger partial charge is 0.338 e. The molecule has 0 aliphatic carbocycles. The molecule has 0 fully saturated rings. The van der Waals surface area contributed by atoms with Gasteiger partial charge in [0.15, 0.2) is 4.80 Å². The van der Waals surface area contributed by atoms with Crippen molar-refractivity contribution in [1.82, 2.24) is 4.57 Å². The molecule has 4 aromatic rings. The third kappa shape index (κ3) is 6.64. The number of ether oxygens (including phenoxy) is 3. The first kappa shape index (κ1) is 30.8. The second kappa shape index (κ2) is 13.8. The van der Waals surface area contributed by atoms with Crippen LogP contribution >= 0.6 is 38.9 Å². The maximum absolute atomic E-state index is 14.1. The number of hydrogen-bond donors (Lipinski definition) is 0. The van der Waals surface area contributed by atoms with Gasteiger partial charge in [0.1, 0.15) is 24.1 Å². The van der Waals surface area contributed by atoms with Gasteiger partial charge in [0.25, 0.3) is 5.56 Å². The Morgan fingerprint density at radius 1 is 1.12 bits per heavy atom. The second-order valence-corrected chi connectivity index (χ2v) is 12.1. The van der Waals surface area contributed by atoms with Gasteiger partial charge in [-0.05, 0) is 61.4 Å². The van der Waals surface area contributed by atoms with Crippen LogP contribution < -0.4 is 24.4 Å². The fourth-order valence-electron chi connectivity index (χ4n) is 4.92. The molecule has 1 aliphatic heterocycles. The van der Waals surface area contributed by atoms with E-state index in [1.807, 2.05) is 79.7 Å². The second-order valence-electron chi connectivity index (χ2n) is 9.75. The molecule has 0 saturated heterocycles. The summed E-state index contributed by atoms with van der Waals surface area (Å²) in [4.78, 5) is 32.8. The minimum absolute atomic E-state index is 0.201. The van der Waals surface area contributed by atoms with Crippen molar-refractivity contribution in [3.05, 3.63) is 124 Å². The molecule has 0 N–H and O–H groups in total. The van der Waals surface area contributed by atoms with E-state index in [0.717, 1.165) is 22.0 Å². The van der Waals surface area contributed by atoms with Gasteiger partial charge in [-0.2, -0.15) is 0 Å². The molecule has 1 aliphatic rings. The van der Waals surface area contributed by atoms with E-state index in [-0.39, 0.29) is 12.2 Å². The topological polar surface area (TPSA) is 79.1 Å². The number of carbonyl (C=O) groups is 1. The molecule has 5 rings (SSSR count). The zero-order chi connectivity index (χ0) is 30.5. The van der Waals surface area contributed by atoms with Crippen LogP contribution in [0.4, 0.5) is 0 Å². The molecule has 0 spiro atoms. The molecule has 7 nitrogen and oxygen atoms in total. The fourth-order valence-corrected chi connectivity index (χ4v) is 6.51. The summed E-state index contributed by atoms with van der Waals surface area (Å²) in [6.45, 7) is 4.33. The van der Waals surface area contributed by atoms with E-state index in [9.17, 15) is 9.59 Å². The van der Waals surface area contributed by atoms with Crippen molar-refractivity contribution in [1.29, 1.82) is 0 Å². The number of hydrogen-bond acceptors (Lipinski definition) is 7. The standard InChI is InChI=1S/C33H30BrClN2O5S/c1-4-8-26-29(32(39)41-5-2)30(24-18-22(34)13-16-27(24)40-3)37-31(38)28(43-33(37)36-26)17-20-11-14-23(15-12-20)42-19-21-9-6-7-10-25(21)35/h6-7,9-18,30H,4-5,8,19H2,1-3H3/b28-17+/t30-/m0/s1. The maximum Gasteiger partial charge on any atom is 0.338 e. The molecule has 222 valence electrons. The molecule has 1 atom stereocenters. The Kier molecular flexibility index (Phi) is 9.85. The lowest BCUT2D eigenvalue weighted by Gasteiger charge is -2.27. The van der Waals surface area contributed by atoms with Crippen LogP contribution in [-0.4, -0.2) is 24.3 Å². The molecule has 1 aromatic heterocycles. The summed E-state index contributed by atoms with van der Waals surface area (Å²) in [6, 6.07) is 19.8. The summed E-state index contributed by atoms with van der Waals surface area (Å²) in [5.74, 6) is 0.738. The van der Waals surface area contributed by atoms with E-state index in [4.69, 9.17) is 30.8 Å². The van der Waals surface area contributed by atoms with Crippen molar-refractivity contribution in [2.24, 2.45) is 4.99 Å². The number of benzene rings is 3. The van der Waals surface area contributed by atoms with Crippen LogP contribution in [0.15, 0.2) is 92.3 Å². The highest BCUT2D eigenvalue weighted by molar-refractivity contribution is 9.10. The van der Waals surface area contributed by atoms with Crippen LogP contribution in [0, 0.1) is 0 Å². The van der Waals surface area contributed by atoms with E-state index in [1.165, 1.54) is 11.3 Å². The Labute approximate surface area is 266 Å². The molecule has 0 radical (unpaired) electrons. The van der Waals surface area contributed by atoms with Crippen molar-refractivity contribution in [2.45, 2.75) is 39.3 Å². The van der Waals surface area contributed by atoms with Gasteiger partial charge in [-0.25, -0.2) is 9.79 Å². The van der Waals surface area contributed by atoms with Gasteiger partial charge in [0.2, 0.25) is 0 Å². The maximum atomic E-state index is 14.1. The van der Waals surface area contributed by atoms with Gasteiger partial charge in [0, 0.05) is 20.6 Å². The Morgan fingerprint density at radius 2 is 1.88 bits per heavy atom. The molecule has 43 heavy (non-hydrogen) atoms. The third-order valence-electron chi connectivity index (χ3n) is 6.91. The van der Waals surface area contributed by atoms with E-state index in [1.54, 1.807) is 18.6 Å². The molecule has 0 saturated carbocycles. The monoisotopic (exact) mass is 680 g/mol. The third-order valence-corrected chi connectivity index (χ3v) is 8.75. The molecule has 0 bridgehead atoms. The molecule has 0 amide bonds. The lowest BCUT2D eigenvalue weighted by atomic mass is 9.93. The number of fused-ring (bicyclic) bond motifs is 1. The van der Waals surface area contributed by atoms with E-state index in [2.05, 4.69) is 15.9 Å². The van der Waals surface area contributed by atoms with Gasteiger partial charge in [-0.15, -0.1) is 0 Å². The summed E-state index contributed by atoms with van der Waals surface area (Å²) in [5, 5.41) is 0.654. The van der Waals surface area contributed by atoms with Gasteiger partial charge < -0.3 is 14.2 Å². The van der Waals surface area contributed by atoms with E-state index < -0.39 is 12.0 Å². The van der Waals surface area contributed by atoms with Crippen molar-refractivity contribution in [2.75, 3.05) is 13.7 Å². The zero-order valence-electron chi connectivity index (χ0n) is 23.9. The van der Waals surface area contributed by atoms with Crippen molar-refractivity contribution in [3.63, 3.8) is 0 Å². The van der Waals surface area contributed by atoms with Crippen LogP contribution in [0.5, 0.6) is 11.5 Å². The van der Waals surface area contributed by atoms with Gasteiger partial charge >= 0.3 is 5.97 Å². The SMILES string of the molecule is CCCC1=C(C(=O)OCC)[C@H](c2cc(Br)ccc2OC)n2c(s/c(=C/c3ccc(OCc4ccccc4Cl)cc3)c2=O)=N1. The number of allylic oxidation sites excluding steroid dienone is 1. The Morgan fingerprint density at radius 3 is 2.58 bits per heavy atom. The Bertz CT molecular complexity index is 1860. The number of esters is 1. The first-order valence-electron chi connectivity index (χ1n) is 13.9. The minimum Gasteiger partial charge on any atom is -0.496 e. The molecular formula is C33H30BrClN2O5S. The lowest BCUT2D eigenvalue weighted by Crippen LogP contribution is -2.40. The number of aromatic nitrogens is 1. The predicted molar refractivity (Wildman–Crippen MR) is 173 cm³/mol. The van der Waals surface area contributed by atoms with Crippen LogP contribution in [0.2, 0.25) is 5.02 Å². The summed E-state index contributed by atoms with van der Waals surface area (Å²) in [6.07, 6.45) is 3.15. The van der Waals surface area contributed by atoms with Crippen LogP contribution in [0.1, 0.15) is 49.4 Å². The molecule has 2 heterocycles. The predicted octanol–water partition coefficient (Wildman–Crippen LogP) is 6.58. The van der Waals surface area contributed by atoms with Crippen LogP contribution in [-0.2, 0) is 16.1 Å². The number of halogens is 2. The zero-order valence-corrected chi connectivity index (χ0v) is 27.1. The number of methoxy groups -OCH3 is 1. The van der Waals surface area contributed by atoms with Crippen LogP contribution in [0.3, 0.4) is 0 Å². The number of rotatable bonds is 10. The van der Waals surface area contributed by atoms with Gasteiger partial charge in [-0.1, -0.05) is 82.5 Å². The molecular weight excluding hydrogens is 652 g/mol. The summed E-state index contributed by atoms with van der Waals surface area (Å²) >= 11 is 11.1. The van der Waals surface area contributed by atoms with Crippen LogP contribution in [0.25, 0.3) is 6.08 Å². The highest BCUT2D eigenvalue weighted by Gasteiger charge is 2.36. The first-order chi connectivity index (χ1) is 20.8. The quantitative estimate of drug-likeness (QED) is 0.177. The van der Waals surface area contributed by atoms with Crippen molar-refractivity contribution >= 4 is 50.9 Å². The van der Waals surface area contributed by atoms with Crippen molar-refractivity contribution < 1.29 is 19.0 Å². The van der Waals surface area contributed by atoms with E-state index in [0.29, 0.717) is 55.7 Å². The molecule has 0 unspecified atom stereocenters. The largest absolute Gasteiger partial charge is 0.496 e. The summed E-state index contributed by atoms with van der Waals surface area (Å²) in [7, 11) is 1.57. The first-order valence-corrected chi connectivity index (χ1v) is 15.8. The van der Waals surface area contributed by atoms with Gasteiger partial charge in [-0.3, -0.25) is 9.36 Å².